The Morgan fingerprint density at radius 3 is 2.12 bits per heavy atom. The lowest BCUT2D eigenvalue weighted by molar-refractivity contribution is 0.138. The first-order valence-electron chi connectivity index (χ1n) is 9.00. The highest BCUT2D eigenvalue weighted by molar-refractivity contribution is 6.70. The van der Waals surface area contributed by atoms with Crippen LogP contribution in [0, 0.1) is 0 Å². The number of hydrogen-bond donors (Lipinski definition) is 0. The SMILES string of the molecule is CO/C(O[Si](C)(C)C)=C1\CC(c2ccccc2)CC=C1O[Si](C)(C)C. The van der Waals surface area contributed by atoms with Gasteiger partial charge in [-0.05, 0) is 69.7 Å². The van der Waals surface area contributed by atoms with Gasteiger partial charge in [0.2, 0.25) is 16.6 Å². The Labute approximate surface area is 155 Å². The molecular formula is C20H32O3Si2. The van der Waals surface area contributed by atoms with Crippen LogP contribution in [0.3, 0.4) is 0 Å². The predicted octanol–water partition coefficient (Wildman–Crippen LogP) is 6.01. The van der Waals surface area contributed by atoms with Crippen molar-refractivity contribution in [2.75, 3.05) is 7.11 Å². The third-order valence-corrected chi connectivity index (χ3v) is 5.48. The summed E-state index contributed by atoms with van der Waals surface area (Å²) in [6.07, 6.45) is 4.09. The van der Waals surface area contributed by atoms with Gasteiger partial charge in [-0.3, -0.25) is 0 Å². The first kappa shape index (κ1) is 19.9. The van der Waals surface area contributed by atoms with Gasteiger partial charge in [-0.15, -0.1) is 0 Å². The van der Waals surface area contributed by atoms with E-state index < -0.39 is 16.6 Å². The van der Waals surface area contributed by atoms with Gasteiger partial charge in [-0.1, -0.05) is 30.3 Å². The largest absolute Gasteiger partial charge is 0.544 e. The Morgan fingerprint density at radius 2 is 1.60 bits per heavy atom. The second-order valence-corrected chi connectivity index (χ2v) is 17.4. The van der Waals surface area contributed by atoms with E-state index in [0.29, 0.717) is 11.9 Å². The molecule has 5 heteroatoms. The molecule has 0 aliphatic heterocycles. The van der Waals surface area contributed by atoms with Gasteiger partial charge in [0.1, 0.15) is 5.76 Å². The molecule has 1 unspecified atom stereocenters. The minimum atomic E-state index is -1.77. The van der Waals surface area contributed by atoms with Gasteiger partial charge in [-0.25, -0.2) is 0 Å². The Morgan fingerprint density at radius 1 is 0.960 bits per heavy atom. The zero-order chi connectivity index (χ0) is 18.7. The van der Waals surface area contributed by atoms with Crippen LogP contribution in [-0.2, 0) is 13.6 Å². The van der Waals surface area contributed by atoms with Crippen molar-refractivity contribution < 1.29 is 13.6 Å². The molecule has 25 heavy (non-hydrogen) atoms. The van der Waals surface area contributed by atoms with Crippen LogP contribution in [0.2, 0.25) is 39.3 Å². The number of rotatable bonds is 6. The highest BCUT2D eigenvalue weighted by Crippen LogP contribution is 2.39. The van der Waals surface area contributed by atoms with E-state index in [2.05, 4.69) is 75.7 Å². The first-order chi connectivity index (χ1) is 11.6. The summed E-state index contributed by atoms with van der Waals surface area (Å²) in [7, 11) is -1.78. The molecule has 1 aromatic rings. The van der Waals surface area contributed by atoms with Gasteiger partial charge in [0, 0.05) is 0 Å². The second kappa shape index (κ2) is 7.83. The Balaban J connectivity index is 2.41. The van der Waals surface area contributed by atoms with Crippen molar-refractivity contribution in [2.45, 2.75) is 58.0 Å². The summed E-state index contributed by atoms with van der Waals surface area (Å²) in [5.74, 6) is 2.03. The average molecular weight is 377 g/mol. The topological polar surface area (TPSA) is 27.7 Å². The summed E-state index contributed by atoms with van der Waals surface area (Å²) in [6, 6.07) is 10.7. The van der Waals surface area contributed by atoms with Gasteiger partial charge in [-0.2, -0.15) is 0 Å². The van der Waals surface area contributed by atoms with Crippen LogP contribution in [0.15, 0.2) is 53.7 Å². The van der Waals surface area contributed by atoms with Crippen LogP contribution >= 0.6 is 0 Å². The molecule has 0 amide bonds. The summed E-state index contributed by atoms with van der Waals surface area (Å²) in [5, 5.41) is 0. The third-order valence-electron chi connectivity index (χ3n) is 3.85. The first-order valence-corrected chi connectivity index (χ1v) is 15.8. The van der Waals surface area contributed by atoms with Crippen molar-refractivity contribution in [1.82, 2.24) is 0 Å². The van der Waals surface area contributed by atoms with E-state index >= 15 is 0 Å². The van der Waals surface area contributed by atoms with E-state index in [1.807, 2.05) is 0 Å². The molecule has 0 fully saturated rings. The number of hydrogen-bond acceptors (Lipinski definition) is 3. The average Bonchev–Trinajstić information content (AvgIpc) is 2.51. The van der Waals surface area contributed by atoms with Crippen LogP contribution in [0.5, 0.6) is 0 Å². The lowest BCUT2D eigenvalue weighted by Crippen LogP contribution is -2.29. The van der Waals surface area contributed by atoms with Crippen molar-refractivity contribution in [3.8, 4) is 0 Å². The highest BCUT2D eigenvalue weighted by atomic mass is 28.4. The zero-order valence-corrected chi connectivity index (χ0v) is 18.7. The fourth-order valence-corrected chi connectivity index (χ4v) is 4.53. The monoisotopic (exact) mass is 376 g/mol. The molecule has 0 heterocycles. The van der Waals surface area contributed by atoms with Crippen molar-refractivity contribution in [1.29, 1.82) is 0 Å². The van der Waals surface area contributed by atoms with Crippen LogP contribution in [-0.4, -0.2) is 23.7 Å². The Kier molecular flexibility index (Phi) is 6.22. The molecule has 1 aromatic carbocycles. The quantitative estimate of drug-likeness (QED) is 0.449. The van der Waals surface area contributed by atoms with Crippen molar-refractivity contribution in [3.05, 3.63) is 59.2 Å². The molecule has 0 saturated carbocycles. The maximum absolute atomic E-state index is 6.37. The smallest absolute Gasteiger partial charge is 0.272 e. The molecule has 0 spiro atoms. The molecule has 0 aromatic heterocycles. The van der Waals surface area contributed by atoms with Gasteiger partial charge in [0.25, 0.3) is 5.95 Å². The molecule has 1 aliphatic carbocycles. The number of methoxy groups -OCH3 is 1. The van der Waals surface area contributed by atoms with Crippen LogP contribution in [0.4, 0.5) is 0 Å². The molecule has 2 rings (SSSR count). The normalized spacial score (nSPS) is 20.6. The van der Waals surface area contributed by atoms with Gasteiger partial charge in [0.05, 0.1) is 12.7 Å². The Bertz CT molecular complexity index is 637. The molecule has 1 atom stereocenters. The number of allylic oxidation sites excluding steroid dienone is 2. The van der Waals surface area contributed by atoms with E-state index in [4.69, 9.17) is 13.6 Å². The fourth-order valence-electron chi connectivity index (χ4n) is 2.90. The van der Waals surface area contributed by atoms with Gasteiger partial charge >= 0.3 is 0 Å². The second-order valence-electron chi connectivity index (χ2n) is 8.51. The number of benzene rings is 1. The van der Waals surface area contributed by atoms with Gasteiger partial charge < -0.3 is 13.6 Å². The molecule has 0 saturated heterocycles. The molecule has 0 N–H and O–H groups in total. The summed E-state index contributed by atoms with van der Waals surface area (Å²) in [6.45, 7) is 13.1. The summed E-state index contributed by atoms with van der Waals surface area (Å²) >= 11 is 0. The summed E-state index contributed by atoms with van der Waals surface area (Å²) < 4.78 is 18.3. The minimum Gasteiger partial charge on any atom is -0.544 e. The standard InChI is InChI=1S/C20H32O3Si2/c1-21-20(23-25(5,6)7)18-15-17(16-11-9-8-10-12-16)13-14-19(18)22-24(2,3)4/h8-12,14,17H,13,15H2,1-7H3/b20-18-. The van der Waals surface area contributed by atoms with Crippen LogP contribution in [0.1, 0.15) is 24.3 Å². The lowest BCUT2D eigenvalue weighted by Gasteiger charge is -2.32. The van der Waals surface area contributed by atoms with Crippen LogP contribution < -0.4 is 0 Å². The van der Waals surface area contributed by atoms with Crippen LogP contribution in [0.25, 0.3) is 0 Å². The lowest BCUT2D eigenvalue weighted by atomic mass is 9.84. The van der Waals surface area contributed by atoms with Crippen molar-refractivity contribution in [2.24, 2.45) is 0 Å². The minimum absolute atomic E-state index is 0.431. The van der Waals surface area contributed by atoms with E-state index in [0.717, 1.165) is 24.2 Å². The summed E-state index contributed by atoms with van der Waals surface area (Å²) in [4.78, 5) is 0. The molecule has 0 radical (unpaired) electrons. The van der Waals surface area contributed by atoms with Crippen molar-refractivity contribution >= 4 is 16.6 Å². The van der Waals surface area contributed by atoms with E-state index in [1.165, 1.54) is 5.56 Å². The maximum Gasteiger partial charge on any atom is 0.272 e. The van der Waals surface area contributed by atoms with E-state index in [1.54, 1.807) is 7.11 Å². The van der Waals surface area contributed by atoms with Gasteiger partial charge in [0.15, 0.2) is 0 Å². The maximum atomic E-state index is 6.37. The molecule has 1 aliphatic rings. The molecule has 0 bridgehead atoms. The molecular weight excluding hydrogens is 344 g/mol. The van der Waals surface area contributed by atoms with E-state index in [-0.39, 0.29) is 0 Å². The Hall–Kier alpha value is -1.47. The molecule has 138 valence electrons. The fraction of sp³-hybridized carbons (Fsp3) is 0.500. The highest BCUT2D eigenvalue weighted by Gasteiger charge is 2.31. The predicted molar refractivity (Wildman–Crippen MR) is 109 cm³/mol. The number of ether oxygens (including phenoxy) is 1. The third kappa shape index (κ3) is 6.08. The molecule has 3 nitrogen and oxygen atoms in total. The zero-order valence-electron chi connectivity index (χ0n) is 16.7. The van der Waals surface area contributed by atoms with E-state index in [9.17, 15) is 0 Å². The summed E-state index contributed by atoms with van der Waals surface area (Å²) in [5.41, 5.74) is 2.43. The van der Waals surface area contributed by atoms with Crippen molar-refractivity contribution in [3.63, 3.8) is 0 Å².